The van der Waals surface area contributed by atoms with Gasteiger partial charge in [-0.05, 0) is 44.5 Å². The normalized spacial score (nSPS) is 25.1. The lowest BCUT2D eigenvalue weighted by Crippen LogP contribution is -2.46. The zero-order valence-corrected chi connectivity index (χ0v) is 22.4. The minimum absolute atomic E-state index is 0.135. The average molecular weight is 576 g/mol. The number of rotatable bonds is 11. The number of aliphatic hydroxyl groups excluding tert-OH is 1. The SMILES string of the molecule is CCCCOC(=O)[C@H](C)/N=[P+](\[O-])OC(Oc1ccc(Cl)cc1)[C@@H]1O[C@@H](n2ccc(=O)[nH]c2=O)[C@](C)(F)[C@@H]1O. The minimum atomic E-state index is -2.96. The van der Waals surface area contributed by atoms with E-state index in [2.05, 4.69) is 4.74 Å². The van der Waals surface area contributed by atoms with Gasteiger partial charge >= 0.3 is 19.8 Å². The highest BCUT2D eigenvalue weighted by atomic mass is 35.5. The molecule has 208 valence electrons. The van der Waals surface area contributed by atoms with Crippen LogP contribution in [0.15, 0.2) is 50.9 Å². The molecule has 0 radical (unpaired) electrons. The second-order valence-corrected chi connectivity index (χ2v) is 10.0. The van der Waals surface area contributed by atoms with Crippen molar-refractivity contribution < 1.29 is 37.9 Å². The molecule has 1 fully saturated rings. The number of halogens is 2. The van der Waals surface area contributed by atoms with Crippen LogP contribution >= 0.6 is 19.8 Å². The van der Waals surface area contributed by atoms with Gasteiger partial charge in [-0.15, -0.1) is 4.52 Å². The summed E-state index contributed by atoms with van der Waals surface area (Å²) in [5.74, 6) is -0.581. The van der Waals surface area contributed by atoms with Gasteiger partial charge in [0.1, 0.15) is 11.9 Å². The first-order valence-electron chi connectivity index (χ1n) is 11.7. The van der Waals surface area contributed by atoms with E-state index in [4.69, 9.17) is 30.3 Å². The Kier molecular flexibility index (Phi) is 10.2. The van der Waals surface area contributed by atoms with Crippen LogP contribution in [0.25, 0.3) is 0 Å². The van der Waals surface area contributed by atoms with Crippen molar-refractivity contribution in [3.8, 4) is 5.75 Å². The van der Waals surface area contributed by atoms with Crippen molar-refractivity contribution >= 4 is 25.7 Å². The van der Waals surface area contributed by atoms with Crippen molar-refractivity contribution in [3.63, 3.8) is 0 Å². The van der Waals surface area contributed by atoms with E-state index >= 15 is 4.39 Å². The summed E-state index contributed by atoms with van der Waals surface area (Å²) in [5.41, 5.74) is -4.28. The number of nitrogens with zero attached hydrogens (tertiary/aromatic N) is 2. The molecule has 0 bridgehead atoms. The van der Waals surface area contributed by atoms with Crippen LogP contribution in [-0.4, -0.2) is 57.4 Å². The van der Waals surface area contributed by atoms with Gasteiger partial charge in [0, 0.05) is 17.3 Å². The maximum Gasteiger partial charge on any atom is 0.346 e. The van der Waals surface area contributed by atoms with Crippen molar-refractivity contribution in [1.82, 2.24) is 9.55 Å². The number of carbonyl (C=O) groups excluding carboxylic acids is 1. The van der Waals surface area contributed by atoms with Crippen LogP contribution in [0, 0.1) is 0 Å². The van der Waals surface area contributed by atoms with Gasteiger partial charge < -0.3 is 24.2 Å². The van der Waals surface area contributed by atoms with Gasteiger partial charge in [0.25, 0.3) is 11.8 Å². The van der Waals surface area contributed by atoms with Crippen LogP contribution in [-0.2, 0) is 18.8 Å². The summed E-state index contributed by atoms with van der Waals surface area (Å²) < 4.78 is 42.1. The highest BCUT2D eigenvalue weighted by molar-refractivity contribution is 7.33. The molecule has 0 aliphatic carbocycles. The van der Waals surface area contributed by atoms with E-state index in [-0.39, 0.29) is 12.4 Å². The number of hydrogen-bond donors (Lipinski definition) is 2. The molecule has 1 saturated heterocycles. The van der Waals surface area contributed by atoms with E-state index in [1.54, 1.807) is 0 Å². The molecule has 0 amide bonds. The van der Waals surface area contributed by atoms with E-state index in [9.17, 15) is 24.4 Å². The smallest absolute Gasteiger partial charge is 0.346 e. The maximum absolute atomic E-state index is 15.7. The first kappa shape index (κ1) is 29.9. The second kappa shape index (κ2) is 12.9. The fourth-order valence-corrected chi connectivity index (χ4v) is 4.42. The molecule has 15 heteroatoms. The topological polar surface area (TPSA) is 164 Å². The van der Waals surface area contributed by atoms with Crippen molar-refractivity contribution in [3.05, 3.63) is 62.4 Å². The van der Waals surface area contributed by atoms with E-state index in [0.717, 1.165) is 30.2 Å². The average Bonchev–Trinajstić information content (AvgIpc) is 3.09. The van der Waals surface area contributed by atoms with Gasteiger partial charge in [-0.2, -0.15) is 0 Å². The summed E-state index contributed by atoms with van der Waals surface area (Å²) in [6.07, 6.45) is -4.56. The Morgan fingerprint density at radius 2 is 2.05 bits per heavy atom. The number of unbranched alkanes of at least 4 members (excludes halogenated alkanes) is 1. The Labute approximate surface area is 222 Å². The number of aliphatic hydroxyl groups is 1. The number of ether oxygens (including phenoxy) is 3. The summed E-state index contributed by atoms with van der Waals surface area (Å²) in [7, 11) is -2.96. The predicted octanol–water partition coefficient (Wildman–Crippen LogP) is 2.19. The molecule has 38 heavy (non-hydrogen) atoms. The predicted molar refractivity (Wildman–Crippen MR) is 132 cm³/mol. The minimum Gasteiger partial charge on any atom is -0.583 e. The fraction of sp³-hybridized carbons (Fsp3) is 0.522. The third kappa shape index (κ3) is 7.25. The van der Waals surface area contributed by atoms with Crippen LogP contribution in [0.1, 0.15) is 39.8 Å². The lowest BCUT2D eigenvalue weighted by molar-refractivity contribution is -0.206. The summed E-state index contributed by atoms with van der Waals surface area (Å²) in [5, 5.41) is 11.2. The van der Waals surface area contributed by atoms with E-state index in [0.29, 0.717) is 11.4 Å². The van der Waals surface area contributed by atoms with Gasteiger partial charge in [-0.1, -0.05) is 29.7 Å². The lowest BCUT2D eigenvalue weighted by Gasteiger charge is -2.25. The highest BCUT2D eigenvalue weighted by Crippen LogP contribution is 2.43. The van der Waals surface area contributed by atoms with Crippen molar-refractivity contribution in [2.45, 2.75) is 70.0 Å². The molecule has 2 aromatic rings. The van der Waals surface area contributed by atoms with Gasteiger partial charge in [0.05, 0.1) is 6.61 Å². The number of hydrogen-bond acceptors (Lipinski definition) is 10. The summed E-state index contributed by atoms with van der Waals surface area (Å²) in [4.78, 5) is 50.5. The first-order chi connectivity index (χ1) is 17.9. The first-order valence-corrected chi connectivity index (χ1v) is 13.2. The number of H-pyrrole nitrogens is 1. The molecule has 2 N–H and O–H groups in total. The zero-order chi connectivity index (χ0) is 28.0. The molecular weight excluding hydrogens is 548 g/mol. The Hall–Kier alpha value is -2.67. The Bertz CT molecular complexity index is 1250. The number of benzene rings is 1. The summed E-state index contributed by atoms with van der Waals surface area (Å²) >= 11 is 5.90. The molecule has 1 aromatic heterocycles. The van der Waals surface area contributed by atoms with Gasteiger partial charge in [-0.25, -0.2) is 14.0 Å². The molecule has 0 saturated carbocycles. The molecule has 2 heterocycles. The third-order valence-corrected chi connectivity index (χ3v) is 6.82. The molecular formula is C23H28ClFN3O9P. The number of aromatic amines is 1. The summed E-state index contributed by atoms with van der Waals surface area (Å²) in [6.45, 7) is 4.45. The maximum atomic E-state index is 15.7. The monoisotopic (exact) mass is 575 g/mol. The van der Waals surface area contributed by atoms with E-state index in [1.807, 2.05) is 11.9 Å². The van der Waals surface area contributed by atoms with Crippen LogP contribution in [0.2, 0.25) is 5.02 Å². The van der Waals surface area contributed by atoms with Gasteiger partial charge in [-0.3, -0.25) is 14.3 Å². The van der Waals surface area contributed by atoms with Gasteiger partial charge in [0.2, 0.25) is 0 Å². The molecule has 3 rings (SSSR count). The number of alkyl halides is 1. The zero-order valence-electron chi connectivity index (χ0n) is 20.8. The van der Waals surface area contributed by atoms with Gasteiger partial charge in [0.15, 0.2) is 24.0 Å². The van der Waals surface area contributed by atoms with Crippen molar-refractivity contribution in [1.29, 1.82) is 0 Å². The Morgan fingerprint density at radius 1 is 1.37 bits per heavy atom. The number of aromatic nitrogens is 2. The van der Waals surface area contributed by atoms with Crippen molar-refractivity contribution in [2.75, 3.05) is 6.61 Å². The highest BCUT2D eigenvalue weighted by Gasteiger charge is 2.59. The molecule has 12 nitrogen and oxygen atoms in total. The van der Waals surface area contributed by atoms with Crippen LogP contribution in [0.5, 0.6) is 5.75 Å². The number of esters is 1. The molecule has 1 aliphatic rings. The second-order valence-electron chi connectivity index (χ2n) is 8.66. The molecule has 1 aliphatic heterocycles. The summed E-state index contributed by atoms with van der Waals surface area (Å²) in [6, 6.07) is 5.68. The van der Waals surface area contributed by atoms with Crippen LogP contribution in [0.4, 0.5) is 4.39 Å². The van der Waals surface area contributed by atoms with E-state index < -0.39 is 61.8 Å². The molecule has 0 spiro atoms. The lowest BCUT2D eigenvalue weighted by atomic mass is 9.98. The molecule has 2 unspecified atom stereocenters. The Morgan fingerprint density at radius 3 is 2.68 bits per heavy atom. The Balaban J connectivity index is 1.88. The number of carbonyl (C=O) groups is 1. The quantitative estimate of drug-likeness (QED) is 0.177. The van der Waals surface area contributed by atoms with Crippen LogP contribution in [0.3, 0.4) is 0 Å². The largest absolute Gasteiger partial charge is 0.583 e. The van der Waals surface area contributed by atoms with Crippen molar-refractivity contribution in [2.24, 2.45) is 4.74 Å². The fourth-order valence-electron chi connectivity index (χ4n) is 3.52. The van der Waals surface area contributed by atoms with E-state index in [1.165, 1.54) is 31.2 Å². The third-order valence-electron chi connectivity index (χ3n) is 5.64. The number of nitrogens with one attached hydrogen (secondary N) is 1. The molecule has 7 atom stereocenters. The van der Waals surface area contributed by atoms with Crippen LogP contribution < -0.4 is 20.9 Å². The molecule has 1 aromatic carbocycles. The standard InChI is InChI=1S/C23H28ClFN3O9P/c1-4-5-12-34-19(31)13(2)27-38(33)37-20(35-15-8-6-14(24)7-9-15)17-18(30)23(3,25)21(36-17)28-11-10-16(29)26-22(28)32/h6-11,13,17-18,20-21,30H,4-5,12H2,1-3H3,(H,26,29,32)/t13-,17+,18+,20?,21+,23+/m0/s1.